The topological polar surface area (TPSA) is 39.1 Å². The lowest BCUT2D eigenvalue weighted by molar-refractivity contribution is 0.0903. The van der Waals surface area contributed by atoms with Crippen molar-refractivity contribution in [3.63, 3.8) is 0 Å². The fourth-order valence-corrected chi connectivity index (χ4v) is 2.39. The number of ether oxygens (including phenoxy) is 1. The first-order valence-electron chi connectivity index (χ1n) is 6.82. The number of benzene rings is 1. The summed E-state index contributed by atoms with van der Waals surface area (Å²) in [6, 6.07) is 12.9. The number of anilines is 1. The van der Waals surface area contributed by atoms with Crippen LogP contribution in [0.15, 0.2) is 42.6 Å². The Labute approximate surface area is 113 Å². The van der Waals surface area contributed by atoms with Crippen molar-refractivity contribution in [2.24, 2.45) is 0 Å². The molecule has 0 saturated carbocycles. The van der Waals surface area contributed by atoms with Gasteiger partial charge >= 0.3 is 0 Å². The minimum Gasteiger partial charge on any atom is -0.381 e. The van der Waals surface area contributed by atoms with Gasteiger partial charge in [-0.2, -0.15) is 5.10 Å². The summed E-state index contributed by atoms with van der Waals surface area (Å²) in [5, 5.41) is 7.97. The van der Waals surface area contributed by atoms with Crippen LogP contribution < -0.4 is 5.32 Å². The van der Waals surface area contributed by atoms with Crippen molar-refractivity contribution < 1.29 is 4.74 Å². The van der Waals surface area contributed by atoms with Gasteiger partial charge in [0.05, 0.1) is 12.7 Å². The normalized spacial score (nSPS) is 16.4. The van der Waals surface area contributed by atoms with E-state index in [0.717, 1.165) is 38.4 Å². The summed E-state index contributed by atoms with van der Waals surface area (Å²) in [6.45, 7) is 2.51. The molecule has 3 rings (SSSR count). The molecule has 1 aliphatic heterocycles. The van der Waals surface area contributed by atoms with Crippen LogP contribution in [0, 0.1) is 0 Å². The second-order valence-electron chi connectivity index (χ2n) is 4.89. The predicted molar refractivity (Wildman–Crippen MR) is 75.2 cm³/mol. The molecule has 1 aliphatic rings. The van der Waals surface area contributed by atoms with E-state index >= 15 is 0 Å². The molecule has 2 aromatic rings. The third-order valence-electron chi connectivity index (χ3n) is 3.47. The lowest BCUT2D eigenvalue weighted by Crippen LogP contribution is -2.29. The summed E-state index contributed by atoms with van der Waals surface area (Å²) in [5.74, 6) is 1.09. The first-order valence-corrected chi connectivity index (χ1v) is 6.82. The molecule has 0 radical (unpaired) electrons. The minimum atomic E-state index is 0.500. The van der Waals surface area contributed by atoms with E-state index in [4.69, 9.17) is 4.74 Å². The fraction of sp³-hybridized carbons (Fsp3) is 0.400. The van der Waals surface area contributed by atoms with E-state index in [2.05, 4.69) is 34.7 Å². The van der Waals surface area contributed by atoms with E-state index in [1.54, 1.807) is 0 Å². The molecule has 4 nitrogen and oxygen atoms in total. The summed E-state index contributed by atoms with van der Waals surface area (Å²) in [4.78, 5) is 0. The Balaban J connectivity index is 1.68. The molecule has 1 aromatic heterocycles. The van der Waals surface area contributed by atoms with E-state index in [-0.39, 0.29) is 0 Å². The van der Waals surface area contributed by atoms with Gasteiger partial charge < -0.3 is 10.1 Å². The predicted octanol–water partition coefficient (Wildman–Crippen LogP) is 2.52. The van der Waals surface area contributed by atoms with Crippen LogP contribution in [0.25, 0.3) is 0 Å². The smallest absolute Gasteiger partial charge is 0.124 e. The van der Waals surface area contributed by atoms with Gasteiger partial charge in [-0.3, -0.25) is 0 Å². The van der Waals surface area contributed by atoms with E-state index < -0.39 is 0 Å². The van der Waals surface area contributed by atoms with E-state index in [1.807, 2.05) is 23.0 Å². The quantitative estimate of drug-likeness (QED) is 0.914. The Hall–Kier alpha value is -1.81. The van der Waals surface area contributed by atoms with Crippen molar-refractivity contribution in [2.45, 2.75) is 25.4 Å². The van der Waals surface area contributed by atoms with Gasteiger partial charge in [-0.1, -0.05) is 30.3 Å². The summed E-state index contributed by atoms with van der Waals surface area (Å²) in [6.07, 6.45) is 3.98. The molecule has 19 heavy (non-hydrogen) atoms. The molecule has 1 saturated heterocycles. The van der Waals surface area contributed by atoms with Crippen LogP contribution >= 0.6 is 0 Å². The maximum absolute atomic E-state index is 5.38. The molecule has 0 unspecified atom stereocenters. The van der Waals surface area contributed by atoms with Gasteiger partial charge in [0.25, 0.3) is 0 Å². The van der Waals surface area contributed by atoms with Crippen molar-refractivity contribution in [3.8, 4) is 0 Å². The molecule has 1 aromatic carbocycles. The SMILES string of the molecule is c1ccc(Cn2nccc2NC2CCOCC2)cc1. The highest BCUT2D eigenvalue weighted by Gasteiger charge is 2.15. The summed E-state index contributed by atoms with van der Waals surface area (Å²) in [5.41, 5.74) is 1.27. The van der Waals surface area contributed by atoms with Gasteiger partial charge in [-0.15, -0.1) is 0 Å². The van der Waals surface area contributed by atoms with Crippen LogP contribution in [-0.2, 0) is 11.3 Å². The van der Waals surface area contributed by atoms with Crippen molar-refractivity contribution in [2.75, 3.05) is 18.5 Å². The average molecular weight is 257 g/mol. The minimum absolute atomic E-state index is 0.500. The van der Waals surface area contributed by atoms with Gasteiger partial charge in [-0.25, -0.2) is 4.68 Å². The second kappa shape index (κ2) is 5.89. The first kappa shape index (κ1) is 12.2. The largest absolute Gasteiger partial charge is 0.381 e. The standard InChI is InChI=1S/C15H19N3O/c1-2-4-13(5-3-1)12-18-15(6-9-16-18)17-14-7-10-19-11-8-14/h1-6,9,14,17H,7-8,10-12H2. The lowest BCUT2D eigenvalue weighted by atomic mass is 10.1. The third kappa shape index (κ3) is 3.15. The highest BCUT2D eigenvalue weighted by Crippen LogP contribution is 2.16. The second-order valence-corrected chi connectivity index (χ2v) is 4.89. The van der Waals surface area contributed by atoms with E-state index in [9.17, 15) is 0 Å². The maximum atomic E-state index is 5.38. The maximum Gasteiger partial charge on any atom is 0.124 e. The molecule has 2 heterocycles. The van der Waals surface area contributed by atoms with Gasteiger partial charge in [0.1, 0.15) is 5.82 Å². The number of hydrogen-bond donors (Lipinski definition) is 1. The van der Waals surface area contributed by atoms with Gasteiger partial charge in [-0.05, 0) is 18.4 Å². The first-order chi connectivity index (χ1) is 9.42. The molecule has 0 bridgehead atoms. The average Bonchev–Trinajstić information content (AvgIpc) is 2.88. The number of aromatic nitrogens is 2. The fourth-order valence-electron chi connectivity index (χ4n) is 2.39. The molecular weight excluding hydrogens is 238 g/mol. The van der Waals surface area contributed by atoms with Crippen molar-refractivity contribution in [3.05, 3.63) is 48.2 Å². The molecule has 1 N–H and O–H groups in total. The molecule has 4 heteroatoms. The molecule has 0 aliphatic carbocycles. The molecule has 100 valence electrons. The van der Waals surface area contributed by atoms with Crippen LogP contribution in [0.3, 0.4) is 0 Å². The zero-order valence-corrected chi connectivity index (χ0v) is 11.0. The Bertz CT molecular complexity index is 503. The summed E-state index contributed by atoms with van der Waals surface area (Å²) >= 11 is 0. The lowest BCUT2D eigenvalue weighted by Gasteiger charge is -2.24. The molecule has 0 atom stereocenters. The Morgan fingerprint density at radius 2 is 1.95 bits per heavy atom. The van der Waals surface area contributed by atoms with Crippen LogP contribution in [-0.4, -0.2) is 29.0 Å². The summed E-state index contributed by atoms with van der Waals surface area (Å²) in [7, 11) is 0. The highest BCUT2D eigenvalue weighted by molar-refractivity contribution is 5.36. The molecule has 0 spiro atoms. The van der Waals surface area contributed by atoms with Crippen LogP contribution in [0.5, 0.6) is 0 Å². The van der Waals surface area contributed by atoms with Crippen molar-refractivity contribution in [1.82, 2.24) is 9.78 Å². The number of hydrogen-bond acceptors (Lipinski definition) is 3. The van der Waals surface area contributed by atoms with Gasteiger partial charge in [0, 0.05) is 25.3 Å². The molecular formula is C15H19N3O. The van der Waals surface area contributed by atoms with Crippen molar-refractivity contribution in [1.29, 1.82) is 0 Å². The Morgan fingerprint density at radius 3 is 2.74 bits per heavy atom. The van der Waals surface area contributed by atoms with Crippen molar-refractivity contribution >= 4 is 5.82 Å². The summed E-state index contributed by atoms with van der Waals surface area (Å²) < 4.78 is 7.40. The number of nitrogens with zero attached hydrogens (tertiary/aromatic N) is 2. The van der Waals surface area contributed by atoms with E-state index in [1.165, 1.54) is 5.56 Å². The Morgan fingerprint density at radius 1 is 1.16 bits per heavy atom. The van der Waals surface area contributed by atoms with E-state index in [0.29, 0.717) is 6.04 Å². The molecule has 0 amide bonds. The highest BCUT2D eigenvalue weighted by atomic mass is 16.5. The number of nitrogens with one attached hydrogen (secondary N) is 1. The van der Waals surface area contributed by atoms with Gasteiger partial charge in [0.2, 0.25) is 0 Å². The zero-order valence-electron chi connectivity index (χ0n) is 11.0. The van der Waals surface area contributed by atoms with Crippen LogP contribution in [0.1, 0.15) is 18.4 Å². The molecule has 1 fully saturated rings. The number of rotatable bonds is 4. The van der Waals surface area contributed by atoms with Crippen LogP contribution in [0.2, 0.25) is 0 Å². The Kier molecular flexibility index (Phi) is 3.79. The van der Waals surface area contributed by atoms with Gasteiger partial charge in [0.15, 0.2) is 0 Å². The third-order valence-corrected chi connectivity index (χ3v) is 3.47. The monoisotopic (exact) mass is 257 g/mol. The zero-order chi connectivity index (χ0) is 12.9. The van der Waals surface area contributed by atoms with Crippen LogP contribution in [0.4, 0.5) is 5.82 Å².